The molecule has 0 aromatic carbocycles. The van der Waals surface area contributed by atoms with Crippen molar-refractivity contribution in [2.24, 2.45) is 15.8 Å². The number of aliphatic imine (C=N–C) groups is 1. The first-order valence-electron chi connectivity index (χ1n) is 2.81. The van der Waals surface area contributed by atoms with Gasteiger partial charge in [-0.3, -0.25) is 0 Å². The smallest absolute Gasteiger partial charge is 0.430 e. The fourth-order valence-corrected chi connectivity index (χ4v) is 0.253. The van der Waals surface area contributed by atoms with Crippen LogP contribution in [0.15, 0.2) is 10.1 Å². The number of carboxylic acids is 1. The van der Waals surface area contributed by atoms with E-state index in [4.69, 9.17) is 15.6 Å². The van der Waals surface area contributed by atoms with Crippen LogP contribution >= 0.6 is 0 Å². The summed E-state index contributed by atoms with van der Waals surface area (Å²) >= 11 is 0. The molecule has 0 bridgehead atoms. The van der Waals surface area contributed by atoms with E-state index in [1.165, 1.54) is 0 Å². The number of alkyl halides is 3. The van der Waals surface area contributed by atoms with Gasteiger partial charge in [-0.1, -0.05) is 0 Å². The first kappa shape index (κ1) is 11.4. The summed E-state index contributed by atoms with van der Waals surface area (Å²) in [5, 5.41) is 12.4. The third-order valence-electron chi connectivity index (χ3n) is 0.712. The summed E-state index contributed by atoms with van der Waals surface area (Å²) in [5.74, 6) is -2.66. The summed E-state index contributed by atoms with van der Waals surface area (Å²) in [5.41, 5.74) is 6.61. The minimum atomic E-state index is -5.19. The number of nitrogens with two attached hydrogens (primary N) is 2. The average molecular weight is 198 g/mol. The lowest BCUT2D eigenvalue weighted by Crippen LogP contribution is -2.74. The lowest BCUT2D eigenvalue weighted by molar-refractivity contribution is -0.532. The summed E-state index contributed by atoms with van der Waals surface area (Å²) in [6, 6.07) is 0. The molecular formula is C4H5F3N4O2. The van der Waals surface area contributed by atoms with Crippen LogP contribution in [0.2, 0.25) is 0 Å². The molecular weight excluding hydrogens is 193 g/mol. The molecule has 9 heteroatoms. The zero-order chi connectivity index (χ0) is 10.5. The monoisotopic (exact) mass is 198 g/mol. The number of hydrogen-bond acceptors (Lipinski definition) is 5. The third-order valence-corrected chi connectivity index (χ3v) is 0.712. The minimum absolute atomic E-state index is 0.343. The second kappa shape index (κ2) is 4.40. The van der Waals surface area contributed by atoms with Crippen molar-refractivity contribution in [3.05, 3.63) is 0 Å². The number of quaternary nitrogens is 1. The molecule has 0 atom stereocenters. The van der Waals surface area contributed by atoms with E-state index in [9.17, 15) is 13.2 Å². The Morgan fingerprint density at radius 1 is 1.62 bits per heavy atom. The van der Waals surface area contributed by atoms with E-state index in [0.29, 0.717) is 5.96 Å². The molecule has 0 unspecified atom stereocenters. The van der Waals surface area contributed by atoms with Crippen LogP contribution in [0, 0.1) is 0 Å². The molecule has 1 heterocycles. The average Bonchev–Trinajstić information content (AvgIpc) is 2.38. The summed E-state index contributed by atoms with van der Waals surface area (Å²) < 4.78 is 31.5. The lowest BCUT2D eigenvalue weighted by atomic mass is 10.7. The van der Waals surface area contributed by atoms with Crippen molar-refractivity contribution in [3.63, 3.8) is 0 Å². The van der Waals surface area contributed by atoms with E-state index in [2.05, 4.69) is 10.1 Å². The first-order chi connectivity index (χ1) is 5.84. The molecule has 0 fully saturated rings. The van der Waals surface area contributed by atoms with Crippen LogP contribution in [-0.2, 0) is 4.79 Å². The zero-order valence-corrected chi connectivity index (χ0v) is 6.08. The van der Waals surface area contributed by atoms with E-state index in [0.717, 1.165) is 0 Å². The van der Waals surface area contributed by atoms with Gasteiger partial charge in [0.05, 0.1) is 0 Å². The van der Waals surface area contributed by atoms with Crippen LogP contribution < -0.4 is 16.3 Å². The maximum atomic E-state index is 10.5. The van der Waals surface area contributed by atoms with Gasteiger partial charge in [0.1, 0.15) is 5.97 Å². The highest BCUT2D eigenvalue weighted by molar-refractivity contribution is 5.85. The van der Waals surface area contributed by atoms with E-state index in [1.807, 2.05) is 0 Å². The SMILES string of the molecule is NC1=N[NH2+]C=N1.O=C([O-])C(F)(F)F. The highest BCUT2D eigenvalue weighted by Gasteiger charge is 2.28. The molecule has 4 N–H and O–H groups in total. The highest BCUT2D eigenvalue weighted by atomic mass is 19.4. The van der Waals surface area contributed by atoms with Gasteiger partial charge >= 0.3 is 6.18 Å². The van der Waals surface area contributed by atoms with Crippen molar-refractivity contribution >= 4 is 18.3 Å². The Balaban J connectivity index is 0.000000223. The Hall–Kier alpha value is -1.64. The number of halogens is 3. The summed E-state index contributed by atoms with van der Waals surface area (Å²) in [6.07, 6.45) is -3.64. The molecule has 0 spiro atoms. The highest BCUT2D eigenvalue weighted by Crippen LogP contribution is 2.11. The zero-order valence-electron chi connectivity index (χ0n) is 6.08. The molecule has 0 aliphatic carbocycles. The summed E-state index contributed by atoms with van der Waals surface area (Å²) in [4.78, 5) is 12.4. The number of rotatable bonds is 0. The largest absolute Gasteiger partial charge is 0.542 e. The maximum absolute atomic E-state index is 10.5. The van der Waals surface area contributed by atoms with Crippen molar-refractivity contribution in [1.82, 2.24) is 0 Å². The normalized spacial score (nSPS) is 14.5. The Morgan fingerprint density at radius 2 is 2.08 bits per heavy atom. The number of carbonyl (C=O) groups excluding carboxylic acids is 1. The molecule has 0 aromatic heterocycles. The number of guanidine groups is 1. The Morgan fingerprint density at radius 3 is 2.15 bits per heavy atom. The summed E-state index contributed by atoms with van der Waals surface area (Å²) in [6.45, 7) is 0. The van der Waals surface area contributed by atoms with Gasteiger partial charge in [0.15, 0.2) is 0 Å². The van der Waals surface area contributed by atoms with Gasteiger partial charge in [0.2, 0.25) is 6.34 Å². The second-order valence-corrected chi connectivity index (χ2v) is 1.70. The molecule has 6 nitrogen and oxygen atoms in total. The fourth-order valence-electron chi connectivity index (χ4n) is 0.253. The number of aliphatic carboxylic acids is 1. The first-order valence-corrected chi connectivity index (χ1v) is 2.81. The van der Waals surface area contributed by atoms with Crippen LogP contribution in [0.1, 0.15) is 0 Å². The van der Waals surface area contributed by atoms with E-state index in [-0.39, 0.29) is 0 Å². The molecule has 0 saturated heterocycles. The Bertz CT molecular complexity index is 244. The molecule has 0 aromatic rings. The van der Waals surface area contributed by atoms with Gasteiger partial charge in [0.25, 0.3) is 5.96 Å². The van der Waals surface area contributed by atoms with Crippen LogP contribution in [0.25, 0.3) is 0 Å². The van der Waals surface area contributed by atoms with E-state index < -0.39 is 12.1 Å². The lowest BCUT2D eigenvalue weighted by Gasteiger charge is -2.03. The minimum Gasteiger partial charge on any atom is -0.542 e. The summed E-state index contributed by atoms with van der Waals surface area (Å²) in [7, 11) is 0. The molecule has 74 valence electrons. The number of nitrogens with zero attached hydrogens (tertiary/aromatic N) is 2. The topological polar surface area (TPSA) is 107 Å². The standard InChI is InChI=1S/C2HF3O2.C2H4N4/c3-2(4,5)1(6)7;3-2-4-1-5-6-2/h(H,6,7);1H,(H3,3,4,5,6). The number of hydrogen-bond donors (Lipinski definition) is 2. The van der Waals surface area contributed by atoms with E-state index in [1.54, 1.807) is 11.8 Å². The maximum Gasteiger partial charge on any atom is 0.430 e. The predicted molar refractivity (Wildman–Crippen MR) is 33.1 cm³/mol. The van der Waals surface area contributed by atoms with Gasteiger partial charge < -0.3 is 15.6 Å². The number of carboxylic acid groups (broad SMARTS) is 1. The van der Waals surface area contributed by atoms with Gasteiger partial charge in [-0.2, -0.15) is 23.6 Å². The van der Waals surface area contributed by atoms with Gasteiger partial charge in [-0.25, -0.2) is 0 Å². The molecule has 0 amide bonds. The molecule has 0 saturated carbocycles. The predicted octanol–water partition coefficient (Wildman–Crippen LogP) is -2.88. The fraction of sp³-hybridized carbons (Fsp3) is 0.250. The Kier molecular flexibility index (Phi) is 3.85. The van der Waals surface area contributed by atoms with Crippen LogP contribution in [0.5, 0.6) is 0 Å². The molecule has 1 aliphatic heterocycles. The van der Waals surface area contributed by atoms with Crippen molar-refractivity contribution < 1.29 is 28.5 Å². The quantitative estimate of drug-likeness (QED) is 0.408. The molecule has 13 heavy (non-hydrogen) atoms. The van der Waals surface area contributed by atoms with Gasteiger partial charge in [0, 0.05) is 0 Å². The van der Waals surface area contributed by atoms with Crippen LogP contribution in [-0.4, -0.2) is 24.4 Å². The second-order valence-electron chi connectivity index (χ2n) is 1.70. The van der Waals surface area contributed by atoms with E-state index >= 15 is 0 Å². The van der Waals surface area contributed by atoms with Crippen molar-refractivity contribution in [2.45, 2.75) is 6.18 Å². The van der Waals surface area contributed by atoms with Gasteiger partial charge in [-0.05, 0) is 5.10 Å². The van der Waals surface area contributed by atoms with Crippen molar-refractivity contribution in [2.75, 3.05) is 0 Å². The Labute approximate surface area is 69.9 Å². The van der Waals surface area contributed by atoms with Crippen molar-refractivity contribution in [3.8, 4) is 0 Å². The molecule has 1 rings (SSSR count). The van der Waals surface area contributed by atoms with Crippen LogP contribution in [0.4, 0.5) is 13.2 Å². The molecule has 0 radical (unpaired) electrons. The van der Waals surface area contributed by atoms with Crippen molar-refractivity contribution in [1.29, 1.82) is 0 Å². The number of carbonyl (C=O) groups is 1. The van der Waals surface area contributed by atoms with Crippen LogP contribution in [0.3, 0.4) is 0 Å². The third kappa shape index (κ3) is 5.61. The van der Waals surface area contributed by atoms with Gasteiger partial charge in [-0.15, -0.1) is 0 Å². The molecule has 1 aliphatic rings.